The van der Waals surface area contributed by atoms with Gasteiger partial charge in [-0.15, -0.1) is 11.3 Å². The van der Waals surface area contributed by atoms with Crippen molar-refractivity contribution in [2.45, 2.75) is 32.3 Å². The Morgan fingerprint density at radius 3 is 3.00 bits per heavy atom. The van der Waals surface area contributed by atoms with E-state index in [0.29, 0.717) is 12.3 Å². The second-order valence-corrected chi connectivity index (χ2v) is 7.92. The summed E-state index contributed by atoms with van der Waals surface area (Å²) in [5.41, 5.74) is 2.28. The Hall–Kier alpha value is -2.67. The van der Waals surface area contributed by atoms with Gasteiger partial charge in [0.05, 0.1) is 24.7 Å². The van der Waals surface area contributed by atoms with Gasteiger partial charge in [0.2, 0.25) is 6.10 Å². The highest BCUT2D eigenvalue weighted by Crippen LogP contribution is 2.45. The van der Waals surface area contributed by atoms with E-state index in [0.717, 1.165) is 40.4 Å². The molecule has 0 N–H and O–H groups in total. The molecule has 1 atom stereocenters. The maximum atomic E-state index is 12.2. The molecule has 138 valence electrons. The molecule has 0 unspecified atom stereocenters. The number of hydrogen-bond acceptors (Lipinski definition) is 7. The van der Waals surface area contributed by atoms with Crippen LogP contribution in [0.25, 0.3) is 10.2 Å². The summed E-state index contributed by atoms with van der Waals surface area (Å²) in [5.74, 6) is 1.88. The smallest absolute Gasteiger partial charge is 0.348 e. The highest BCUT2D eigenvalue weighted by molar-refractivity contribution is 7.19. The molecule has 0 saturated heterocycles. The van der Waals surface area contributed by atoms with Gasteiger partial charge < -0.3 is 14.4 Å². The molecule has 0 spiro atoms. The quantitative estimate of drug-likeness (QED) is 0.633. The number of esters is 1. The first-order valence-corrected chi connectivity index (χ1v) is 9.87. The molecule has 0 amide bonds. The number of aryl methyl sites for hydroxylation is 3. The fourth-order valence-electron chi connectivity index (χ4n) is 3.96. The van der Waals surface area contributed by atoms with Crippen LogP contribution in [0.4, 0.5) is 11.5 Å². The summed E-state index contributed by atoms with van der Waals surface area (Å²) in [6.45, 7) is 2.28. The lowest BCUT2D eigenvalue weighted by Crippen LogP contribution is -2.43. The minimum absolute atomic E-state index is 0.361. The summed E-state index contributed by atoms with van der Waals surface area (Å²) in [5, 5.41) is 1.12. The van der Waals surface area contributed by atoms with E-state index in [-0.39, 0.29) is 5.97 Å². The summed E-state index contributed by atoms with van der Waals surface area (Å²) in [6.07, 6.45) is 2.65. The monoisotopic (exact) mass is 381 g/mol. The topological polar surface area (TPSA) is 64.5 Å². The second kappa shape index (κ2) is 6.20. The molecule has 27 heavy (non-hydrogen) atoms. The molecule has 7 heteroatoms. The minimum atomic E-state index is -0.693. The van der Waals surface area contributed by atoms with Crippen molar-refractivity contribution in [1.82, 2.24) is 9.97 Å². The van der Waals surface area contributed by atoms with Crippen LogP contribution in [0.15, 0.2) is 24.3 Å². The van der Waals surface area contributed by atoms with E-state index < -0.39 is 6.10 Å². The van der Waals surface area contributed by atoms with Gasteiger partial charge in [0.1, 0.15) is 22.2 Å². The number of aromatic nitrogens is 2. The van der Waals surface area contributed by atoms with Crippen LogP contribution in [0.2, 0.25) is 0 Å². The number of methoxy groups -OCH3 is 1. The number of thiophene rings is 1. The molecule has 3 heterocycles. The number of carbonyl (C=O) groups excluding carboxylic acids is 1. The van der Waals surface area contributed by atoms with Crippen LogP contribution in [0.1, 0.15) is 22.7 Å². The van der Waals surface area contributed by atoms with Gasteiger partial charge in [-0.25, -0.2) is 14.8 Å². The third-order valence-electron chi connectivity index (χ3n) is 5.15. The molecule has 0 bridgehead atoms. The van der Waals surface area contributed by atoms with Crippen molar-refractivity contribution in [1.29, 1.82) is 0 Å². The van der Waals surface area contributed by atoms with Crippen molar-refractivity contribution < 1.29 is 14.3 Å². The molecule has 0 saturated carbocycles. The van der Waals surface area contributed by atoms with Gasteiger partial charge in [-0.3, -0.25) is 0 Å². The fraction of sp³-hybridized carbons (Fsp3) is 0.350. The fourth-order valence-corrected chi connectivity index (χ4v) is 5.27. The number of nitrogens with zero attached hydrogens (tertiary/aromatic N) is 3. The van der Waals surface area contributed by atoms with E-state index in [9.17, 15) is 4.79 Å². The Labute approximate surface area is 160 Å². The first-order chi connectivity index (χ1) is 13.2. The molecule has 0 radical (unpaired) electrons. The maximum absolute atomic E-state index is 12.2. The lowest BCUT2D eigenvalue weighted by Gasteiger charge is -2.34. The number of hydrogen-bond donors (Lipinski definition) is 0. The molecule has 1 aliphatic heterocycles. The van der Waals surface area contributed by atoms with Crippen LogP contribution in [-0.2, 0) is 22.4 Å². The van der Waals surface area contributed by atoms with Crippen molar-refractivity contribution in [3.63, 3.8) is 0 Å². The van der Waals surface area contributed by atoms with E-state index in [1.54, 1.807) is 11.3 Å². The summed E-state index contributed by atoms with van der Waals surface area (Å²) >= 11 is 1.77. The molecular weight excluding hydrogens is 362 g/mol. The van der Waals surface area contributed by atoms with Crippen molar-refractivity contribution in [3.8, 4) is 5.75 Å². The zero-order valence-corrected chi connectivity index (χ0v) is 16.0. The predicted molar refractivity (Wildman–Crippen MR) is 104 cm³/mol. The number of anilines is 2. The number of benzene rings is 1. The number of ether oxygens (including phenoxy) is 2. The first-order valence-electron chi connectivity index (χ1n) is 9.05. The highest BCUT2D eigenvalue weighted by atomic mass is 32.1. The largest absolute Gasteiger partial charge is 0.475 e. The van der Waals surface area contributed by atoms with Crippen LogP contribution in [0.3, 0.4) is 0 Å². The summed E-state index contributed by atoms with van der Waals surface area (Å²) in [7, 11) is 1.38. The third-order valence-corrected chi connectivity index (χ3v) is 6.34. The lowest BCUT2D eigenvalue weighted by atomic mass is 10.1. The van der Waals surface area contributed by atoms with Crippen molar-refractivity contribution in [2.75, 3.05) is 18.6 Å². The molecule has 3 aromatic rings. The molecule has 5 rings (SSSR count). The maximum Gasteiger partial charge on any atom is 0.348 e. The van der Waals surface area contributed by atoms with Gasteiger partial charge in [0, 0.05) is 4.88 Å². The number of rotatable bonds is 2. The van der Waals surface area contributed by atoms with Gasteiger partial charge in [-0.2, -0.15) is 0 Å². The first kappa shape index (κ1) is 16.5. The number of para-hydroxylation sites is 2. The van der Waals surface area contributed by atoms with Crippen LogP contribution in [0.5, 0.6) is 5.75 Å². The molecule has 1 aromatic carbocycles. The van der Waals surface area contributed by atoms with Crippen molar-refractivity contribution >= 4 is 39.0 Å². The van der Waals surface area contributed by atoms with E-state index >= 15 is 0 Å². The zero-order valence-electron chi connectivity index (χ0n) is 15.2. The Bertz CT molecular complexity index is 1060. The average Bonchev–Trinajstić information content (AvgIpc) is 3.26. The lowest BCUT2D eigenvalue weighted by molar-refractivity contribution is -0.148. The van der Waals surface area contributed by atoms with Crippen molar-refractivity contribution in [2.24, 2.45) is 0 Å². The van der Waals surface area contributed by atoms with Crippen LogP contribution < -0.4 is 9.64 Å². The predicted octanol–water partition coefficient (Wildman–Crippen LogP) is 3.56. The van der Waals surface area contributed by atoms with E-state index in [1.807, 2.05) is 31.2 Å². The van der Waals surface area contributed by atoms with Gasteiger partial charge in [0.15, 0.2) is 0 Å². The normalized spacial score (nSPS) is 18.1. The molecular formula is C20H19N3O3S. The Balaban J connectivity index is 1.72. The molecule has 1 aliphatic carbocycles. The summed E-state index contributed by atoms with van der Waals surface area (Å²) in [6, 6.07) is 7.75. The number of fused-ring (bicyclic) bond motifs is 4. The SMILES string of the molecule is COC(=O)[C@@H]1CN(c2nc(C)nc3sc4c(c23)CCC4)c2ccccc2O1. The second-order valence-electron chi connectivity index (χ2n) is 6.84. The van der Waals surface area contributed by atoms with Gasteiger partial charge in [0.25, 0.3) is 0 Å². The summed E-state index contributed by atoms with van der Waals surface area (Å²) < 4.78 is 10.8. The van der Waals surface area contributed by atoms with Crippen LogP contribution in [-0.4, -0.2) is 35.7 Å². The highest BCUT2D eigenvalue weighted by Gasteiger charge is 2.35. The van der Waals surface area contributed by atoms with Crippen molar-refractivity contribution in [3.05, 3.63) is 40.5 Å². The van der Waals surface area contributed by atoms with Gasteiger partial charge >= 0.3 is 5.97 Å². The molecule has 0 fully saturated rings. The minimum Gasteiger partial charge on any atom is -0.475 e. The van der Waals surface area contributed by atoms with Gasteiger partial charge in [-0.05, 0) is 43.9 Å². The molecule has 2 aromatic heterocycles. The van der Waals surface area contributed by atoms with Crippen LogP contribution in [0, 0.1) is 6.92 Å². The Morgan fingerprint density at radius 2 is 2.15 bits per heavy atom. The zero-order chi connectivity index (χ0) is 18.5. The van der Waals surface area contributed by atoms with E-state index in [1.165, 1.54) is 24.0 Å². The van der Waals surface area contributed by atoms with Gasteiger partial charge in [-0.1, -0.05) is 12.1 Å². The number of carbonyl (C=O) groups is 1. The third kappa shape index (κ3) is 2.56. The Kier molecular flexibility index (Phi) is 3.79. The van der Waals surface area contributed by atoms with Crippen LogP contribution >= 0.6 is 11.3 Å². The standard InChI is InChI=1S/C20H19N3O3S/c1-11-21-18(17-12-6-5-9-16(12)27-19(17)22-11)23-10-15(20(24)25-2)26-14-8-4-3-7-13(14)23/h3-4,7-8,15H,5-6,9-10H2,1-2H3/t15-/m0/s1. The summed E-state index contributed by atoms with van der Waals surface area (Å²) in [4.78, 5) is 26.2. The molecule has 2 aliphatic rings. The van der Waals surface area contributed by atoms with E-state index in [2.05, 4.69) is 9.88 Å². The molecule has 6 nitrogen and oxygen atoms in total. The van der Waals surface area contributed by atoms with E-state index in [4.69, 9.17) is 14.5 Å². The Morgan fingerprint density at radius 1 is 1.30 bits per heavy atom. The average molecular weight is 381 g/mol.